The molecule has 0 aliphatic carbocycles. The molecular weight excluding hydrogens is 434 g/mol. The molecule has 2 aromatic rings. The fourth-order valence-corrected chi connectivity index (χ4v) is 6.41. The Bertz CT molecular complexity index is 1090. The van der Waals surface area contributed by atoms with Crippen LogP contribution in [-0.4, -0.2) is 54.5 Å². The molecule has 10 nitrogen and oxygen atoms in total. The molecule has 0 fully saturated rings. The highest BCUT2D eigenvalue weighted by molar-refractivity contribution is 8.26. The first-order valence-corrected chi connectivity index (χ1v) is 11.7. The molecule has 1 amide bonds. The van der Waals surface area contributed by atoms with E-state index in [1.807, 2.05) is 6.92 Å². The van der Waals surface area contributed by atoms with Gasteiger partial charge in [-0.15, -0.1) is 0 Å². The number of carbonyl (C=O) groups is 1. The van der Waals surface area contributed by atoms with Crippen LogP contribution in [0.5, 0.6) is 11.6 Å². The number of hydrogen-bond donors (Lipinski definition) is 4. The van der Waals surface area contributed by atoms with Crippen molar-refractivity contribution < 1.29 is 23.4 Å². The minimum Gasteiger partial charge on any atom is -0.493 e. The molecule has 2 aliphatic rings. The highest BCUT2D eigenvalue weighted by atomic mass is 32.3. The van der Waals surface area contributed by atoms with Crippen molar-refractivity contribution in [2.75, 3.05) is 19.0 Å². The highest BCUT2D eigenvalue weighted by Crippen LogP contribution is 2.66. The molecule has 11 heteroatoms. The first-order chi connectivity index (χ1) is 15.0. The smallest absolute Gasteiger partial charge is 0.275 e. The van der Waals surface area contributed by atoms with E-state index in [9.17, 15) is 13.9 Å². The van der Waals surface area contributed by atoms with Crippen LogP contribution in [0.1, 0.15) is 43.2 Å². The van der Waals surface area contributed by atoms with E-state index in [1.165, 1.54) is 19.5 Å². The van der Waals surface area contributed by atoms with Crippen LogP contribution in [0.3, 0.4) is 0 Å². The standard InChI is InChI=1S/C21H27N5O5S/c1-20(2)19(22)26-21(3)13-9-12(25-18(27)14-10-24-17(30-4)11-23-14)5-6-15(13)31-8-7-16(21)32(20,28)29/h5-6,9-11,16,28-29H,7-8H2,1-4H3,(H2,22,26)(H,25,27)/t16-,21-/m1/s1. The van der Waals surface area contributed by atoms with Crippen LogP contribution in [0.15, 0.2) is 35.6 Å². The number of aromatic nitrogens is 2. The number of carbonyl (C=O) groups excluding carboxylic acids is 1. The Morgan fingerprint density at radius 2 is 2.03 bits per heavy atom. The summed E-state index contributed by atoms with van der Waals surface area (Å²) in [6.45, 7) is 5.52. The maximum atomic E-state index is 12.6. The van der Waals surface area contributed by atoms with E-state index in [-0.39, 0.29) is 11.5 Å². The minimum atomic E-state index is -3.17. The molecular formula is C21H27N5O5S. The molecule has 2 aliphatic heterocycles. The van der Waals surface area contributed by atoms with Gasteiger partial charge in [0, 0.05) is 17.7 Å². The number of nitrogens with two attached hydrogens (primary N) is 1. The average molecular weight is 462 g/mol. The van der Waals surface area contributed by atoms with Gasteiger partial charge in [-0.2, -0.15) is 10.6 Å². The summed E-state index contributed by atoms with van der Waals surface area (Å²) in [5.41, 5.74) is 6.41. The zero-order valence-electron chi connectivity index (χ0n) is 18.3. The number of rotatable bonds is 3. The Kier molecular flexibility index (Phi) is 5.30. The molecule has 2 atom stereocenters. The number of amides is 1. The summed E-state index contributed by atoms with van der Waals surface area (Å²) >= 11 is 0. The van der Waals surface area contributed by atoms with E-state index in [0.29, 0.717) is 35.9 Å². The molecule has 0 saturated heterocycles. The molecule has 172 valence electrons. The predicted molar refractivity (Wildman–Crippen MR) is 123 cm³/mol. The average Bonchev–Trinajstić information content (AvgIpc) is 2.89. The van der Waals surface area contributed by atoms with Crippen LogP contribution < -0.4 is 20.5 Å². The van der Waals surface area contributed by atoms with Crippen LogP contribution in [0.2, 0.25) is 0 Å². The van der Waals surface area contributed by atoms with Crippen LogP contribution in [0.4, 0.5) is 5.69 Å². The fourth-order valence-electron chi connectivity index (χ4n) is 4.10. The van der Waals surface area contributed by atoms with Crippen LogP contribution in [0, 0.1) is 0 Å². The molecule has 1 aromatic heterocycles. The number of amidine groups is 1. The lowest BCUT2D eigenvalue weighted by atomic mass is 9.86. The largest absolute Gasteiger partial charge is 0.493 e. The van der Waals surface area contributed by atoms with E-state index >= 15 is 0 Å². The lowest BCUT2D eigenvalue weighted by Crippen LogP contribution is -2.56. The molecule has 0 spiro atoms. The lowest BCUT2D eigenvalue weighted by molar-refractivity contribution is 0.102. The number of fused-ring (bicyclic) bond motifs is 3. The summed E-state index contributed by atoms with van der Waals surface area (Å²) in [6.07, 6.45) is 3.08. The summed E-state index contributed by atoms with van der Waals surface area (Å²) in [7, 11) is -1.71. The zero-order valence-corrected chi connectivity index (χ0v) is 19.1. The number of ether oxygens (including phenoxy) is 2. The highest BCUT2D eigenvalue weighted by Gasteiger charge is 2.57. The van der Waals surface area contributed by atoms with Gasteiger partial charge in [-0.25, -0.2) is 9.97 Å². The molecule has 0 bridgehead atoms. The SMILES string of the molecule is COc1cnc(C(=O)Nc2ccc3c(c2)[C@@]2(C)N=C(N)C(C)(C)S(O)(O)[C@@H]2CCO3)cn1. The third kappa shape index (κ3) is 3.37. The second kappa shape index (κ2) is 7.61. The molecule has 4 rings (SSSR count). The molecule has 32 heavy (non-hydrogen) atoms. The summed E-state index contributed by atoms with van der Waals surface area (Å²) in [6, 6.07) is 5.16. The summed E-state index contributed by atoms with van der Waals surface area (Å²) in [5, 5.41) is 2.19. The van der Waals surface area contributed by atoms with Crippen molar-refractivity contribution in [1.82, 2.24) is 9.97 Å². The normalized spacial score (nSPS) is 26.3. The van der Waals surface area contributed by atoms with E-state index in [1.54, 1.807) is 32.0 Å². The van der Waals surface area contributed by atoms with Gasteiger partial charge in [0.15, 0.2) is 0 Å². The summed E-state index contributed by atoms with van der Waals surface area (Å²) in [5.74, 6) is 0.585. The maximum absolute atomic E-state index is 12.6. The number of anilines is 1. The zero-order chi connectivity index (χ0) is 23.3. The second-order valence-electron chi connectivity index (χ2n) is 8.48. The van der Waals surface area contributed by atoms with Crippen LogP contribution in [0.25, 0.3) is 0 Å². The Hall–Kier alpha value is -2.89. The topological polar surface area (TPSA) is 152 Å². The van der Waals surface area contributed by atoms with Gasteiger partial charge in [0.25, 0.3) is 5.91 Å². The fraction of sp³-hybridized carbons (Fsp3) is 0.429. The van der Waals surface area contributed by atoms with Gasteiger partial charge in [0.1, 0.15) is 27.6 Å². The minimum absolute atomic E-state index is 0.122. The Morgan fingerprint density at radius 1 is 1.28 bits per heavy atom. The van der Waals surface area contributed by atoms with Crippen molar-refractivity contribution in [2.24, 2.45) is 10.7 Å². The number of aliphatic imine (C=N–C) groups is 1. The van der Waals surface area contributed by atoms with Gasteiger partial charge in [-0.1, -0.05) is 0 Å². The van der Waals surface area contributed by atoms with Crippen LogP contribution >= 0.6 is 10.6 Å². The predicted octanol–water partition coefficient (Wildman–Crippen LogP) is 3.00. The monoisotopic (exact) mass is 461 g/mol. The quantitative estimate of drug-likeness (QED) is 0.544. The third-order valence-corrected chi connectivity index (χ3v) is 9.43. The Labute approximate surface area is 187 Å². The number of benzene rings is 1. The number of hydrogen-bond acceptors (Lipinski definition) is 9. The lowest BCUT2D eigenvalue weighted by Gasteiger charge is -2.58. The number of nitrogens with one attached hydrogen (secondary N) is 1. The van der Waals surface area contributed by atoms with Gasteiger partial charge >= 0.3 is 0 Å². The van der Waals surface area contributed by atoms with Crippen molar-refractivity contribution in [3.63, 3.8) is 0 Å². The Balaban J connectivity index is 1.73. The van der Waals surface area contributed by atoms with Crippen molar-refractivity contribution in [3.8, 4) is 11.6 Å². The molecule has 5 N–H and O–H groups in total. The summed E-state index contributed by atoms with van der Waals surface area (Å²) in [4.78, 5) is 25.4. The molecule has 0 radical (unpaired) electrons. The van der Waals surface area contributed by atoms with E-state index < -0.39 is 32.0 Å². The maximum Gasteiger partial charge on any atom is 0.275 e. The third-order valence-electron chi connectivity index (χ3n) is 6.23. The molecule has 0 saturated carbocycles. The van der Waals surface area contributed by atoms with E-state index in [0.717, 1.165) is 0 Å². The number of nitrogens with zero attached hydrogens (tertiary/aromatic N) is 3. The Morgan fingerprint density at radius 3 is 2.69 bits per heavy atom. The van der Waals surface area contributed by atoms with Gasteiger partial charge < -0.3 is 20.5 Å². The van der Waals surface area contributed by atoms with Crippen molar-refractivity contribution in [1.29, 1.82) is 0 Å². The van der Waals surface area contributed by atoms with Crippen molar-refractivity contribution in [3.05, 3.63) is 41.9 Å². The number of methoxy groups -OCH3 is 1. The van der Waals surface area contributed by atoms with Gasteiger partial charge in [-0.3, -0.25) is 18.9 Å². The van der Waals surface area contributed by atoms with Gasteiger partial charge in [0.05, 0.1) is 31.4 Å². The molecule has 1 aromatic carbocycles. The first kappa shape index (κ1) is 22.3. The molecule has 3 heterocycles. The van der Waals surface area contributed by atoms with E-state index in [2.05, 4.69) is 15.3 Å². The van der Waals surface area contributed by atoms with Gasteiger partial charge in [0.2, 0.25) is 5.88 Å². The van der Waals surface area contributed by atoms with Crippen molar-refractivity contribution in [2.45, 2.75) is 42.7 Å². The van der Waals surface area contributed by atoms with Crippen LogP contribution in [-0.2, 0) is 5.54 Å². The second-order valence-corrected chi connectivity index (χ2v) is 11.3. The van der Waals surface area contributed by atoms with E-state index in [4.69, 9.17) is 20.2 Å². The van der Waals surface area contributed by atoms with Crippen molar-refractivity contribution >= 4 is 28.0 Å². The first-order valence-electron chi connectivity index (χ1n) is 10.1. The summed E-state index contributed by atoms with van der Waals surface area (Å²) < 4.78 is 32.2. The van der Waals surface area contributed by atoms with Gasteiger partial charge in [-0.05, 0) is 39.0 Å². The molecule has 0 unspecified atom stereocenters.